The van der Waals surface area contributed by atoms with Gasteiger partial charge in [0.05, 0.1) is 0 Å². The Hall–Kier alpha value is -1.04. The van der Waals surface area contributed by atoms with Crippen molar-refractivity contribution in [2.75, 3.05) is 0 Å². The van der Waals surface area contributed by atoms with Gasteiger partial charge in [0.15, 0.2) is 0 Å². The summed E-state index contributed by atoms with van der Waals surface area (Å²) < 4.78 is 0. The van der Waals surface area contributed by atoms with Crippen molar-refractivity contribution in [2.45, 2.75) is 20.8 Å². The quantitative estimate of drug-likeness (QED) is 0.569. The average Bonchev–Trinajstić information content (AvgIpc) is 2.05. The van der Waals surface area contributed by atoms with E-state index in [1.165, 1.54) is 16.7 Å². The van der Waals surface area contributed by atoms with Gasteiger partial charge in [-0.3, -0.25) is 0 Å². The van der Waals surface area contributed by atoms with Crippen molar-refractivity contribution >= 4 is 5.57 Å². The number of allylic oxidation sites excluding steroid dienone is 2. The molecule has 0 atom stereocenters. The largest absolute Gasteiger partial charge is 0.0841 e. The molecular formula is C11H14. The van der Waals surface area contributed by atoms with E-state index in [4.69, 9.17) is 0 Å². The summed E-state index contributed by atoms with van der Waals surface area (Å²) in [5.74, 6) is 0. The maximum atomic E-state index is 2.16. The molecule has 0 amide bonds. The minimum atomic E-state index is 1.32. The Balaban J connectivity index is 2.99. The normalized spacial score (nSPS) is 11.7. The summed E-state index contributed by atoms with van der Waals surface area (Å²) in [6.07, 6.45) is 2.13. The molecule has 1 aromatic rings. The van der Waals surface area contributed by atoms with Gasteiger partial charge in [0.2, 0.25) is 0 Å². The van der Waals surface area contributed by atoms with Crippen LogP contribution in [0.25, 0.3) is 5.57 Å². The number of aryl methyl sites for hydroxylation is 1. The summed E-state index contributed by atoms with van der Waals surface area (Å²) in [7, 11) is 0. The van der Waals surface area contributed by atoms with Gasteiger partial charge < -0.3 is 0 Å². The zero-order valence-electron chi connectivity index (χ0n) is 7.39. The van der Waals surface area contributed by atoms with Crippen molar-refractivity contribution in [3.05, 3.63) is 41.5 Å². The van der Waals surface area contributed by atoms with Crippen LogP contribution in [0, 0.1) is 6.92 Å². The summed E-state index contributed by atoms with van der Waals surface area (Å²) >= 11 is 0. The molecule has 0 radical (unpaired) electrons. The molecule has 0 fully saturated rings. The van der Waals surface area contributed by atoms with Crippen molar-refractivity contribution in [1.29, 1.82) is 0 Å². The Morgan fingerprint density at radius 1 is 1.18 bits per heavy atom. The molecule has 0 aromatic heterocycles. The molecule has 11 heavy (non-hydrogen) atoms. The smallest absolute Gasteiger partial charge is 0.0230 e. The van der Waals surface area contributed by atoms with Crippen molar-refractivity contribution in [3.8, 4) is 0 Å². The molecule has 0 nitrogen and oxygen atoms in total. The van der Waals surface area contributed by atoms with E-state index >= 15 is 0 Å². The minimum absolute atomic E-state index is 1.32. The third kappa shape index (κ3) is 1.94. The first-order valence-electron chi connectivity index (χ1n) is 3.94. The van der Waals surface area contributed by atoms with Crippen LogP contribution in [0.2, 0.25) is 0 Å². The monoisotopic (exact) mass is 146 g/mol. The summed E-state index contributed by atoms with van der Waals surface area (Å²) in [5.41, 5.74) is 3.97. The molecule has 0 bridgehead atoms. The molecule has 0 saturated carbocycles. The second kappa shape index (κ2) is 3.38. The highest BCUT2D eigenvalue weighted by molar-refractivity contribution is 5.63. The summed E-state index contributed by atoms with van der Waals surface area (Å²) in [6.45, 7) is 6.30. The zero-order chi connectivity index (χ0) is 8.27. The van der Waals surface area contributed by atoms with E-state index in [9.17, 15) is 0 Å². The van der Waals surface area contributed by atoms with Crippen LogP contribution in [0.3, 0.4) is 0 Å². The van der Waals surface area contributed by atoms with Crippen molar-refractivity contribution in [2.24, 2.45) is 0 Å². The lowest BCUT2D eigenvalue weighted by atomic mass is 10.1. The number of benzene rings is 1. The fourth-order valence-corrected chi connectivity index (χ4v) is 0.983. The van der Waals surface area contributed by atoms with E-state index < -0.39 is 0 Å². The van der Waals surface area contributed by atoms with E-state index in [-0.39, 0.29) is 0 Å². The van der Waals surface area contributed by atoms with Crippen LogP contribution in [0.1, 0.15) is 25.0 Å². The van der Waals surface area contributed by atoms with Crippen LogP contribution in [0.15, 0.2) is 30.3 Å². The first-order chi connectivity index (χ1) is 5.24. The topological polar surface area (TPSA) is 0 Å². The first kappa shape index (κ1) is 8.06. The summed E-state index contributed by atoms with van der Waals surface area (Å²) in [5, 5.41) is 0. The van der Waals surface area contributed by atoms with Crippen LogP contribution in [-0.2, 0) is 0 Å². The molecule has 0 saturated heterocycles. The zero-order valence-corrected chi connectivity index (χ0v) is 7.39. The van der Waals surface area contributed by atoms with Gasteiger partial charge in [-0.1, -0.05) is 35.9 Å². The number of hydrogen-bond donors (Lipinski definition) is 0. The number of rotatable bonds is 1. The van der Waals surface area contributed by atoms with E-state index in [0.717, 1.165) is 0 Å². The van der Waals surface area contributed by atoms with Gasteiger partial charge in [-0.05, 0) is 31.9 Å². The molecular weight excluding hydrogens is 132 g/mol. The van der Waals surface area contributed by atoms with E-state index in [0.29, 0.717) is 0 Å². The van der Waals surface area contributed by atoms with Crippen LogP contribution in [0.4, 0.5) is 0 Å². The Kier molecular flexibility index (Phi) is 2.48. The Morgan fingerprint density at radius 2 is 1.73 bits per heavy atom. The molecule has 0 aliphatic rings. The maximum absolute atomic E-state index is 2.16. The molecule has 1 rings (SSSR count). The van der Waals surface area contributed by atoms with Gasteiger partial charge >= 0.3 is 0 Å². The Morgan fingerprint density at radius 3 is 2.18 bits per heavy atom. The fraction of sp³-hybridized carbons (Fsp3) is 0.273. The molecule has 0 N–H and O–H groups in total. The van der Waals surface area contributed by atoms with Crippen LogP contribution in [-0.4, -0.2) is 0 Å². The molecule has 0 heterocycles. The lowest BCUT2D eigenvalue weighted by Crippen LogP contribution is -1.78. The predicted octanol–water partition coefficient (Wildman–Crippen LogP) is 3.42. The van der Waals surface area contributed by atoms with E-state index in [1.54, 1.807) is 0 Å². The molecule has 0 aliphatic carbocycles. The van der Waals surface area contributed by atoms with Crippen LogP contribution >= 0.6 is 0 Å². The first-order valence-corrected chi connectivity index (χ1v) is 3.94. The van der Waals surface area contributed by atoms with E-state index in [2.05, 4.69) is 51.1 Å². The SMILES string of the molecule is CC=C(C)c1ccc(C)cc1. The van der Waals surface area contributed by atoms with Crippen LogP contribution < -0.4 is 0 Å². The van der Waals surface area contributed by atoms with Crippen molar-refractivity contribution in [3.63, 3.8) is 0 Å². The predicted molar refractivity (Wildman–Crippen MR) is 50.5 cm³/mol. The van der Waals surface area contributed by atoms with Crippen molar-refractivity contribution < 1.29 is 0 Å². The minimum Gasteiger partial charge on any atom is -0.0841 e. The molecule has 0 heteroatoms. The number of hydrogen-bond acceptors (Lipinski definition) is 0. The maximum Gasteiger partial charge on any atom is -0.0230 e. The third-order valence-corrected chi connectivity index (χ3v) is 1.94. The highest BCUT2D eigenvalue weighted by atomic mass is 14.0. The molecule has 1 aromatic carbocycles. The standard InChI is InChI=1S/C11H14/c1-4-10(3)11-7-5-9(2)6-8-11/h4-8H,1-3H3. The summed E-state index contributed by atoms with van der Waals surface area (Å²) in [4.78, 5) is 0. The van der Waals surface area contributed by atoms with E-state index in [1.807, 2.05) is 0 Å². The molecule has 0 unspecified atom stereocenters. The Bertz CT molecular complexity index is 252. The Labute approximate surface area is 68.6 Å². The highest BCUT2D eigenvalue weighted by Gasteiger charge is 1.91. The van der Waals surface area contributed by atoms with Crippen molar-refractivity contribution in [1.82, 2.24) is 0 Å². The van der Waals surface area contributed by atoms with Gasteiger partial charge in [0.25, 0.3) is 0 Å². The highest BCUT2D eigenvalue weighted by Crippen LogP contribution is 2.13. The van der Waals surface area contributed by atoms with Gasteiger partial charge in [0.1, 0.15) is 0 Å². The van der Waals surface area contributed by atoms with Gasteiger partial charge in [-0.2, -0.15) is 0 Å². The fourth-order valence-electron chi connectivity index (χ4n) is 0.983. The average molecular weight is 146 g/mol. The van der Waals surface area contributed by atoms with Gasteiger partial charge in [-0.25, -0.2) is 0 Å². The lowest BCUT2D eigenvalue weighted by molar-refractivity contribution is 1.44. The third-order valence-electron chi connectivity index (χ3n) is 1.94. The lowest BCUT2D eigenvalue weighted by Gasteiger charge is -1.99. The van der Waals surface area contributed by atoms with Gasteiger partial charge in [-0.15, -0.1) is 0 Å². The van der Waals surface area contributed by atoms with Crippen LogP contribution in [0.5, 0.6) is 0 Å². The molecule has 0 aliphatic heterocycles. The second-order valence-electron chi connectivity index (χ2n) is 2.84. The molecule has 58 valence electrons. The molecule has 0 spiro atoms. The summed E-state index contributed by atoms with van der Waals surface area (Å²) in [6, 6.07) is 8.60. The van der Waals surface area contributed by atoms with Gasteiger partial charge in [0, 0.05) is 0 Å². The second-order valence-corrected chi connectivity index (χ2v) is 2.84.